The van der Waals surface area contributed by atoms with Crippen LogP contribution in [0.15, 0.2) is 0 Å². The summed E-state index contributed by atoms with van der Waals surface area (Å²) in [5.74, 6) is 0. The molecular weight excluding hydrogens is 659 g/mol. The van der Waals surface area contributed by atoms with Gasteiger partial charge in [0, 0.05) is 32.1 Å². The van der Waals surface area contributed by atoms with Gasteiger partial charge in [-0.1, -0.05) is 0 Å². The minimum absolute atomic E-state index is 0.0784. The van der Waals surface area contributed by atoms with Gasteiger partial charge in [0.2, 0.25) is 0 Å². The van der Waals surface area contributed by atoms with Crippen molar-refractivity contribution < 1.29 is 55.4 Å². The fourth-order valence-electron chi connectivity index (χ4n) is 3.98. The summed E-state index contributed by atoms with van der Waals surface area (Å²) in [5, 5.41) is 2.98. The summed E-state index contributed by atoms with van der Waals surface area (Å²) in [4.78, 5) is 13.1. The van der Waals surface area contributed by atoms with Gasteiger partial charge in [-0.25, -0.2) is 4.79 Å². The maximum atomic E-state index is 13.1. The Balaban J connectivity index is 5.60. The molecule has 0 saturated heterocycles. The second-order valence-corrected chi connectivity index (χ2v) is 16.5. The molecule has 0 aromatic carbocycles. The molecule has 0 atom stereocenters. The van der Waals surface area contributed by atoms with Gasteiger partial charge in [0.1, 0.15) is 11.1 Å². The molecule has 13 nitrogen and oxygen atoms in total. The molecule has 1 N–H and O–H groups in total. The first-order valence-corrected chi connectivity index (χ1v) is 21.1. The average Bonchev–Trinajstić information content (AvgIpc) is 2.96. The molecule has 0 saturated carbocycles. The first-order chi connectivity index (χ1) is 21.9. The van der Waals surface area contributed by atoms with Crippen LogP contribution in [-0.4, -0.2) is 115 Å². The van der Waals surface area contributed by atoms with Crippen LogP contribution in [0, 0.1) is 0 Å². The van der Waals surface area contributed by atoms with E-state index in [1.165, 1.54) is 0 Å². The molecule has 0 aromatic rings. The Morgan fingerprint density at radius 2 is 1.02 bits per heavy atom. The van der Waals surface area contributed by atoms with Crippen molar-refractivity contribution in [3.05, 3.63) is 0 Å². The Morgan fingerprint density at radius 3 is 1.37 bits per heavy atom. The van der Waals surface area contributed by atoms with E-state index in [2.05, 4.69) is 5.32 Å². The minimum atomic E-state index is -3.19. The molecule has 0 aromatic heterocycles. The first-order valence-electron chi connectivity index (χ1n) is 16.6. The predicted octanol–water partition coefficient (Wildman–Crippen LogP) is 7.51. The van der Waals surface area contributed by atoms with Crippen LogP contribution < -0.4 is 5.32 Å². The number of carbonyl (C=O) groups is 1. The van der Waals surface area contributed by atoms with E-state index in [-0.39, 0.29) is 32.6 Å². The third-order valence-electron chi connectivity index (χ3n) is 5.62. The van der Waals surface area contributed by atoms with Crippen LogP contribution in [0.4, 0.5) is 4.79 Å². The second-order valence-electron chi connectivity index (χ2n) is 11.1. The number of ether oxygens (including phenoxy) is 4. The Kier molecular flexibility index (Phi) is 27.8. The van der Waals surface area contributed by atoms with Crippen LogP contribution >= 0.6 is 24.3 Å². The van der Waals surface area contributed by atoms with Crippen LogP contribution in [0.2, 0.25) is 0 Å². The largest absolute Gasteiger partial charge is 0.444 e. The Morgan fingerprint density at radius 1 is 0.630 bits per heavy atom. The van der Waals surface area contributed by atoms with Gasteiger partial charge in [-0.3, -0.25) is 4.57 Å². The standard InChI is InChI=1S/C30H64NO12P3/c1-10-37-44(38-11-2)22-16-19-34-25-30(31-28(32)43-29(7,8)9,26-35-20-17-23-45(39-12-3)40-13-4)27-36-21-18-24-46(33,41-14-5)42-15-6/h10-27H2,1-9H3,(H,31,32). The lowest BCUT2D eigenvalue weighted by Crippen LogP contribution is -2.59. The summed E-state index contributed by atoms with van der Waals surface area (Å²) in [6.07, 6.45) is 2.97. The molecule has 0 rings (SSSR count). The molecule has 0 radical (unpaired) electrons. The Labute approximate surface area is 281 Å². The van der Waals surface area contributed by atoms with Crippen molar-refractivity contribution in [3.8, 4) is 0 Å². The summed E-state index contributed by atoms with van der Waals surface area (Å²) in [6, 6.07) is 0. The fourth-order valence-corrected chi connectivity index (χ4v) is 8.20. The van der Waals surface area contributed by atoms with Crippen molar-refractivity contribution >= 4 is 30.4 Å². The van der Waals surface area contributed by atoms with Gasteiger partial charge in [-0.2, -0.15) is 0 Å². The molecule has 0 heterocycles. The molecular formula is C30H64NO12P3. The molecule has 1 amide bonds. The number of amides is 1. The van der Waals surface area contributed by atoms with Gasteiger partial charge >= 0.3 is 13.7 Å². The fraction of sp³-hybridized carbons (Fsp3) is 0.967. The SMILES string of the molecule is CCOP(CCCOCC(COCCCP(OCC)OCC)(COCCCP(=O)(OCC)OCC)NC(=O)OC(C)(C)C)OCC. The lowest BCUT2D eigenvalue weighted by atomic mass is 10.0. The monoisotopic (exact) mass is 723 g/mol. The Bertz CT molecular complexity index is 743. The van der Waals surface area contributed by atoms with Crippen molar-refractivity contribution in [2.75, 3.05) is 97.8 Å². The highest BCUT2D eigenvalue weighted by Gasteiger charge is 2.36. The van der Waals surface area contributed by atoms with Crippen molar-refractivity contribution in [2.24, 2.45) is 0 Å². The highest BCUT2D eigenvalue weighted by atomic mass is 31.2. The molecule has 0 aliphatic carbocycles. The molecule has 0 fully saturated rings. The average molecular weight is 724 g/mol. The van der Waals surface area contributed by atoms with E-state index in [4.69, 9.17) is 46.1 Å². The molecule has 0 aliphatic rings. The van der Waals surface area contributed by atoms with E-state index in [0.717, 1.165) is 25.2 Å². The smallest absolute Gasteiger partial charge is 0.408 e. The third kappa shape index (κ3) is 24.2. The van der Waals surface area contributed by atoms with E-state index in [1.807, 2.05) is 27.7 Å². The summed E-state index contributed by atoms with van der Waals surface area (Å²) < 4.78 is 70.4. The van der Waals surface area contributed by atoms with E-state index >= 15 is 0 Å². The first kappa shape index (κ1) is 46.0. The van der Waals surface area contributed by atoms with Crippen LogP contribution in [0.1, 0.15) is 81.6 Å². The number of rotatable bonds is 31. The van der Waals surface area contributed by atoms with Gasteiger partial charge in [0.25, 0.3) is 0 Å². The molecule has 46 heavy (non-hydrogen) atoms. The zero-order valence-electron chi connectivity index (χ0n) is 30.0. The van der Waals surface area contributed by atoms with Gasteiger partial charge < -0.3 is 51.4 Å². The van der Waals surface area contributed by atoms with Gasteiger partial charge in [0.15, 0.2) is 16.8 Å². The van der Waals surface area contributed by atoms with Crippen molar-refractivity contribution in [1.82, 2.24) is 5.32 Å². The molecule has 0 spiro atoms. The minimum Gasteiger partial charge on any atom is -0.444 e. The van der Waals surface area contributed by atoms with Gasteiger partial charge in [0.05, 0.1) is 65.6 Å². The highest BCUT2D eigenvalue weighted by Crippen LogP contribution is 2.48. The normalized spacial score (nSPS) is 12.8. The predicted molar refractivity (Wildman–Crippen MR) is 184 cm³/mol. The topological polar surface area (TPSA) is 138 Å². The second kappa shape index (κ2) is 27.8. The van der Waals surface area contributed by atoms with Crippen LogP contribution in [0.3, 0.4) is 0 Å². The summed E-state index contributed by atoms with van der Waals surface area (Å²) in [6.45, 7) is 21.1. The zero-order chi connectivity index (χ0) is 34.7. The summed E-state index contributed by atoms with van der Waals surface area (Å²) >= 11 is 0. The van der Waals surface area contributed by atoms with E-state index in [9.17, 15) is 9.36 Å². The lowest BCUT2D eigenvalue weighted by Gasteiger charge is -2.35. The van der Waals surface area contributed by atoms with Crippen molar-refractivity contribution in [2.45, 2.75) is 92.7 Å². The number of alkyl carbamates (subject to hydrolysis) is 1. The number of nitrogens with one attached hydrogen (secondary N) is 1. The number of carbonyl (C=O) groups excluding carboxylic acids is 1. The molecule has 0 unspecified atom stereocenters. The van der Waals surface area contributed by atoms with Crippen molar-refractivity contribution in [3.63, 3.8) is 0 Å². The van der Waals surface area contributed by atoms with Gasteiger partial charge in [-0.05, 0) is 81.6 Å². The van der Waals surface area contributed by atoms with E-state index < -0.39 is 41.6 Å². The maximum Gasteiger partial charge on any atom is 0.408 e. The van der Waals surface area contributed by atoms with Gasteiger partial charge in [-0.15, -0.1) is 0 Å². The van der Waals surface area contributed by atoms with Crippen LogP contribution in [0.25, 0.3) is 0 Å². The Hall–Kier alpha value is -0.000000000000000187. The van der Waals surface area contributed by atoms with E-state index in [0.29, 0.717) is 59.3 Å². The number of hydrogen-bond acceptors (Lipinski definition) is 12. The molecule has 0 aliphatic heterocycles. The maximum absolute atomic E-state index is 13.1. The highest BCUT2D eigenvalue weighted by molar-refractivity contribution is 7.53. The molecule has 16 heteroatoms. The third-order valence-corrected chi connectivity index (χ3v) is 11.3. The molecule has 0 bridgehead atoms. The zero-order valence-corrected chi connectivity index (χ0v) is 32.7. The lowest BCUT2D eigenvalue weighted by molar-refractivity contribution is -0.0439. The summed E-state index contributed by atoms with van der Waals surface area (Å²) in [5.41, 5.74) is -1.76. The van der Waals surface area contributed by atoms with Crippen LogP contribution in [0.5, 0.6) is 0 Å². The number of hydrogen-bond donors (Lipinski definition) is 1. The van der Waals surface area contributed by atoms with Crippen LogP contribution in [-0.2, 0) is 50.7 Å². The van der Waals surface area contributed by atoms with E-state index in [1.54, 1.807) is 34.6 Å². The quantitative estimate of drug-likeness (QED) is 0.0560. The summed E-state index contributed by atoms with van der Waals surface area (Å²) in [7, 11) is -5.13. The van der Waals surface area contributed by atoms with Crippen molar-refractivity contribution in [1.29, 1.82) is 0 Å². The molecule has 276 valence electrons.